The topological polar surface area (TPSA) is 165 Å². The van der Waals surface area contributed by atoms with Crippen LogP contribution in [0.1, 0.15) is 12.8 Å². The monoisotopic (exact) mass is 573 g/mol. The number of phenols is 1. The summed E-state index contributed by atoms with van der Waals surface area (Å²) in [7, 11) is 8.84. The lowest BCUT2D eigenvalue weighted by Crippen LogP contribution is -2.35. The second kappa shape index (κ2) is 12.6. The summed E-state index contributed by atoms with van der Waals surface area (Å²) >= 11 is 0. The molecule has 4 aliphatic carbocycles. The minimum absolute atomic E-state index is 0.447. The van der Waals surface area contributed by atoms with E-state index in [9.17, 15) is 30.3 Å². The van der Waals surface area contributed by atoms with Gasteiger partial charge in [0.2, 0.25) is 0 Å². The number of benzene rings is 1. The highest BCUT2D eigenvalue weighted by atomic mass is 16.6. The lowest BCUT2D eigenvalue weighted by Gasteiger charge is -2.33. The highest BCUT2D eigenvalue weighted by Crippen LogP contribution is 2.50. The normalized spacial score (nSPS) is 30.7. The Bertz CT molecular complexity index is 1140. The predicted octanol–water partition coefficient (Wildman–Crippen LogP) is 4.12. The van der Waals surface area contributed by atoms with Crippen molar-refractivity contribution in [1.29, 1.82) is 0 Å². The summed E-state index contributed by atoms with van der Waals surface area (Å²) in [6.45, 7) is 4.35. The molecule has 0 radical (unpaired) electrons. The summed E-state index contributed by atoms with van der Waals surface area (Å²) in [6.07, 6.45) is 12.6. The number of fused-ring (bicyclic) bond motifs is 4. The standard InChI is InChI=1S/C22H36N2O.C6H3N3O7/c1-23(2)11-19-15-5-7-17(9-15)21(19)13-25-14-22-18-8-6-16(10-18)20(22)12-24(3)4;10-6-4(8(13)14)1-3(7(11)12)2-5(6)9(15)16/h5-8,15-22H,9-14H2,1-4H3;1-2,10H. The summed E-state index contributed by atoms with van der Waals surface area (Å²) in [5.74, 6) is 4.99. The lowest BCUT2D eigenvalue weighted by atomic mass is 9.82. The first-order valence-electron chi connectivity index (χ1n) is 13.9. The number of non-ortho nitro benzene ring substituents is 1. The van der Waals surface area contributed by atoms with Gasteiger partial charge in [0, 0.05) is 13.1 Å². The summed E-state index contributed by atoms with van der Waals surface area (Å²) in [5.41, 5.74) is -3.00. The maximum Gasteiger partial charge on any atom is 0.324 e. The van der Waals surface area contributed by atoms with Crippen molar-refractivity contribution in [1.82, 2.24) is 9.80 Å². The number of rotatable bonds is 11. The number of nitro groups is 3. The first-order valence-corrected chi connectivity index (χ1v) is 13.9. The van der Waals surface area contributed by atoms with Gasteiger partial charge in [-0.05, 0) is 88.4 Å². The zero-order valence-electron chi connectivity index (χ0n) is 23.9. The number of hydrogen-bond donors (Lipinski definition) is 1. The van der Waals surface area contributed by atoms with E-state index in [1.165, 1.54) is 25.9 Å². The molecule has 8 atom stereocenters. The van der Waals surface area contributed by atoms with E-state index in [-0.39, 0.29) is 0 Å². The maximum absolute atomic E-state index is 10.4. The van der Waals surface area contributed by atoms with Crippen LogP contribution in [0.2, 0.25) is 0 Å². The van der Waals surface area contributed by atoms with Gasteiger partial charge in [0.15, 0.2) is 0 Å². The number of ether oxygens (including phenoxy) is 1. The average molecular weight is 574 g/mol. The first kappa shape index (κ1) is 30.5. The third kappa shape index (κ3) is 6.74. The van der Waals surface area contributed by atoms with Crippen molar-refractivity contribution in [3.05, 3.63) is 66.8 Å². The van der Waals surface area contributed by atoms with Gasteiger partial charge in [-0.2, -0.15) is 0 Å². The Labute approximate surface area is 238 Å². The van der Waals surface area contributed by atoms with Gasteiger partial charge < -0.3 is 19.6 Å². The molecule has 224 valence electrons. The number of phenolic OH excluding ortho intramolecular Hbond substituents is 1. The molecule has 2 saturated carbocycles. The lowest BCUT2D eigenvalue weighted by molar-refractivity contribution is -0.404. The van der Waals surface area contributed by atoms with Gasteiger partial charge in [0.1, 0.15) is 0 Å². The number of nitro benzene ring substituents is 3. The largest absolute Gasteiger partial charge is 0.497 e. The molecular formula is C28H39N5O8. The van der Waals surface area contributed by atoms with Gasteiger partial charge >= 0.3 is 11.4 Å². The van der Waals surface area contributed by atoms with Gasteiger partial charge in [0.05, 0.1) is 40.1 Å². The number of aromatic hydroxyl groups is 1. The van der Waals surface area contributed by atoms with Crippen molar-refractivity contribution in [3.63, 3.8) is 0 Å². The van der Waals surface area contributed by atoms with Crippen LogP contribution in [0.3, 0.4) is 0 Å². The van der Waals surface area contributed by atoms with Crippen LogP contribution in [0.15, 0.2) is 36.4 Å². The van der Waals surface area contributed by atoms with Crippen LogP contribution in [0.4, 0.5) is 17.1 Å². The molecule has 41 heavy (non-hydrogen) atoms. The summed E-state index contributed by atoms with van der Waals surface area (Å²) < 4.78 is 6.43. The van der Waals surface area contributed by atoms with Crippen molar-refractivity contribution in [2.45, 2.75) is 12.8 Å². The van der Waals surface area contributed by atoms with Gasteiger partial charge in [-0.3, -0.25) is 30.3 Å². The van der Waals surface area contributed by atoms with Gasteiger partial charge in [-0.25, -0.2) is 0 Å². The fraction of sp³-hybridized carbons (Fsp3) is 0.643. The third-order valence-corrected chi connectivity index (χ3v) is 9.03. The van der Waals surface area contributed by atoms with Crippen molar-refractivity contribution in [2.24, 2.45) is 47.3 Å². The Kier molecular flexibility index (Phi) is 9.40. The fourth-order valence-electron chi connectivity index (χ4n) is 7.25. The van der Waals surface area contributed by atoms with Crippen LogP contribution in [-0.4, -0.2) is 84.2 Å². The highest BCUT2D eigenvalue weighted by Gasteiger charge is 2.46. The third-order valence-electron chi connectivity index (χ3n) is 9.03. The van der Waals surface area contributed by atoms with Gasteiger partial charge in [-0.15, -0.1) is 0 Å². The molecule has 0 heterocycles. The van der Waals surface area contributed by atoms with E-state index in [1.54, 1.807) is 0 Å². The first-order chi connectivity index (χ1) is 19.4. The molecule has 13 heteroatoms. The Balaban J connectivity index is 0.000000210. The molecule has 5 rings (SSSR count). The summed E-state index contributed by atoms with van der Waals surface area (Å²) in [4.78, 5) is 32.5. The highest BCUT2D eigenvalue weighted by molar-refractivity contribution is 5.64. The molecule has 0 saturated heterocycles. The minimum Gasteiger partial charge on any atom is -0.497 e. The molecule has 4 bridgehead atoms. The molecule has 1 N–H and O–H groups in total. The number of allylic oxidation sites excluding steroid dienone is 4. The fourth-order valence-corrected chi connectivity index (χ4v) is 7.25. The second-order valence-electron chi connectivity index (χ2n) is 12.2. The van der Waals surface area contributed by atoms with Crippen molar-refractivity contribution >= 4 is 17.1 Å². The number of nitrogens with zero attached hydrogens (tertiary/aromatic N) is 5. The van der Waals surface area contributed by atoms with Crippen LogP contribution < -0.4 is 0 Å². The quantitative estimate of drug-likeness (QED) is 0.231. The van der Waals surface area contributed by atoms with E-state index in [0.717, 1.165) is 60.6 Å². The van der Waals surface area contributed by atoms with Crippen LogP contribution in [0, 0.1) is 77.7 Å². The maximum atomic E-state index is 10.4. The summed E-state index contributed by atoms with van der Waals surface area (Å²) in [5, 5.41) is 40.2. The Morgan fingerprint density at radius 3 is 1.39 bits per heavy atom. The molecule has 0 amide bonds. The van der Waals surface area contributed by atoms with Gasteiger partial charge in [-0.1, -0.05) is 24.3 Å². The van der Waals surface area contributed by atoms with Crippen molar-refractivity contribution in [2.75, 3.05) is 54.5 Å². The summed E-state index contributed by atoms with van der Waals surface area (Å²) in [6, 6.07) is 0.894. The Hall–Kier alpha value is -3.42. The molecule has 2 fully saturated rings. The molecule has 0 aliphatic heterocycles. The zero-order chi connectivity index (χ0) is 30.0. The van der Waals surface area contributed by atoms with E-state index in [4.69, 9.17) is 9.84 Å². The SMILES string of the molecule is CN(C)CC1C2C=CC(C2)C1COCC1C2C=CC(C2)C1CN(C)C.O=[N+]([O-])c1cc([N+](=O)[O-])c(O)c([N+](=O)[O-])c1. The van der Waals surface area contributed by atoms with E-state index >= 15 is 0 Å². The molecule has 4 aliphatic rings. The minimum atomic E-state index is -1.21. The molecule has 0 aromatic heterocycles. The van der Waals surface area contributed by atoms with Gasteiger partial charge in [0.25, 0.3) is 11.4 Å². The van der Waals surface area contributed by atoms with E-state index < -0.39 is 37.6 Å². The Morgan fingerprint density at radius 2 is 1.07 bits per heavy atom. The Morgan fingerprint density at radius 1 is 0.707 bits per heavy atom. The van der Waals surface area contributed by atoms with E-state index in [1.807, 2.05) is 0 Å². The molecule has 8 unspecified atom stereocenters. The average Bonchev–Trinajstić information content (AvgIpc) is 3.67. The van der Waals surface area contributed by atoms with Crippen molar-refractivity contribution in [3.8, 4) is 5.75 Å². The smallest absolute Gasteiger partial charge is 0.324 e. The molecule has 1 aromatic rings. The molecule has 1 aromatic carbocycles. The van der Waals surface area contributed by atoms with Crippen LogP contribution in [0.25, 0.3) is 0 Å². The second-order valence-corrected chi connectivity index (χ2v) is 12.2. The van der Waals surface area contributed by atoms with E-state index in [2.05, 4.69) is 62.3 Å². The van der Waals surface area contributed by atoms with Crippen LogP contribution >= 0.6 is 0 Å². The van der Waals surface area contributed by atoms with Crippen LogP contribution in [0.5, 0.6) is 5.75 Å². The zero-order valence-corrected chi connectivity index (χ0v) is 23.9. The van der Waals surface area contributed by atoms with E-state index in [0.29, 0.717) is 12.1 Å². The molecular weight excluding hydrogens is 534 g/mol. The number of hydrogen-bond acceptors (Lipinski definition) is 10. The van der Waals surface area contributed by atoms with Crippen LogP contribution in [-0.2, 0) is 4.74 Å². The van der Waals surface area contributed by atoms with Crippen molar-refractivity contribution < 1.29 is 24.6 Å². The molecule has 0 spiro atoms. The predicted molar refractivity (Wildman–Crippen MR) is 151 cm³/mol. The molecule has 13 nitrogen and oxygen atoms in total.